The molecule has 2 aromatic carbocycles. The number of benzene rings is 2. The van der Waals surface area contributed by atoms with Crippen molar-refractivity contribution in [3.63, 3.8) is 0 Å². The minimum atomic E-state index is -0.536. The Bertz CT molecular complexity index is 1080. The van der Waals surface area contributed by atoms with Crippen LogP contribution in [0.1, 0.15) is 50.8 Å². The number of carbonyl (C=O) groups excluding carboxylic acids is 2. The summed E-state index contributed by atoms with van der Waals surface area (Å²) in [5.74, 6) is -0.0103. The average molecular weight is 486 g/mol. The van der Waals surface area contributed by atoms with Gasteiger partial charge in [-0.05, 0) is 62.8 Å². The fourth-order valence-electron chi connectivity index (χ4n) is 2.91. The molecule has 0 atom stereocenters. The molecule has 0 amide bonds. The van der Waals surface area contributed by atoms with Gasteiger partial charge in [0.25, 0.3) is 0 Å². The maximum absolute atomic E-state index is 12.4. The number of nitrogens with zero attached hydrogens (tertiary/aromatic N) is 1. The molecule has 3 rings (SSSR count). The molecule has 162 valence electrons. The lowest BCUT2D eigenvalue weighted by Gasteiger charge is -2.18. The van der Waals surface area contributed by atoms with Gasteiger partial charge in [-0.25, -0.2) is 9.79 Å². The number of ether oxygens (including phenoxy) is 3. The molecule has 7 heteroatoms. The Kier molecular flexibility index (Phi) is 6.65. The molecule has 0 saturated heterocycles. The third-order valence-corrected chi connectivity index (χ3v) is 5.27. The second-order valence-corrected chi connectivity index (χ2v) is 8.88. The Morgan fingerprint density at radius 3 is 2.45 bits per heavy atom. The predicted octanol–water partition coefficient (Wildman–Crippen LogP) is 5.42. The number of halogens is 1. The van der Waals surface area contributed by atoms with Crippen molar-refractivity contribution in [1.82, 2.24) is 0 Å². The lowest BCUT2D eigenvalue weighted by molar-refractivity contribution is -0.134. The van der Waals surface area contributed by atoms with Crippen molar-refractivity contribution in [1.29, 1.82) is 0 Å². The van der Waals surface area contributed by atoms with Crippen LogP contribution in [0.25, 0.3) is 6.08 Å². The topological polar surface area (TPSA) is 74.2 Å². The van der Waals surface area contributed by atoms with E-state index in [1.54, 1.807) is 25.1 Å². The van der Waals surface area contributed by atoms with E-state index in [0.717, 1.165) is 5.56 Å². The molecule has 0 unspecified atom stereocenters. The first-order chi connectivity index (χ1) is 14.6. The van der Waals surface area contributed by atoms with Crippen molar-refractivity contribution in [3.8, 4) is 11.5 Å². The third-order valence-electron chi connectivity index (χ3n) is 4.68. The standard InChI is InChI=1S/C24H24BrNO5/c1-6-20(27)30-21-17(25)11-14(13-19(21)29-5)12-18-23(28)31-22(26-18)15-7-9-16(10-8-15)24(2,3)4/h7-13H,6H2,1-5H3/b18-12+. The van der Waals surface area contributed by atoms with Crippen LogP contribution in [-0.4, -0.2) is 24.9 Å². The van der Waals surface area contributed by atoms with Crippen LogP contribution in [0.3, 0.4) is 0 Å². The van der Waals surface area contributed by atoms with E-state index in [-0.39, 0.29) is 35.1 Å². The van der Waals surface area contributed by atoms with Gasteiger partial charge in [0.15, 0.2) is 17.2 Å². The van der Waals surface area contributed by atoms with Crippen LogP contribution >= 0.6 is 15.9 Å². The number of esters is 2. The highest BCUT2D eigenvalue weighted by molar-refractivity contribution is 9.10. The van der Waals surface area contributed by atoms with Crippen LogP contribution in [0.15, 0.2) is 51.6 Å². The number of methoxy groups -OCH3 is 1. The average Bonchev–Trinajstić information content (AvgIpc) is 3.09. The maximum Gasteiger partial charge on any atom is 0.363 e. The molecule has 31 heavy (non-hydrogen) atoms. The summed E-state index contributed by atoms with van der Waals surface area (Å²) >= 11 is 3.39. The zero-order valence-corrected chi connectivity index (χ0v) is 19.7. The van der Waals surface area contributed by atoms with Gasteiger partial charge in [-0.2, -0.15) is 0 Å². The summed E-state index contributed by atoms with van der Waals surface area (Å²) in [6.07, 6.45) is 1.83. The SMILES string of the molecule is CCC(=O)Oc1c(Br)cc(/C=C2/N=C(c3ccc(C(C)(C)C)cc3)OC2=O)cc1OC. The molecule has 0 radical (unpaired) electrons. The summed E-state index contributed by atoms with van der Waals surface area (Å²) in [7, 11) is 1.48. The summed E-state index contributed by atoms with van der Waals surface area (Å²) in [6, 6.07) is 11.2. The number of carbonyl (C=O) groups is 2. The number of rotatable bonds is 5. The van der Waals surface area contributed by atoms with E-state index in [9.17, 15) is 9.59 Å². The quantitative estimate of drug-likeness (QED) is 0.321. The molecule has 0 aliphatic carbocycles. The van der Waals surface area contributed by atoms with E-state index in [0.29, 0.717) is 15.8 Å². The van der Waals surface area contributed by atoms with E-state index in [4.69, 9.17) is 14.2 Å². The minimum Gasteiger partial charge on any atom is -0.493 e. The molecule has 0 bridgehead atoms. The second kappa shape index (κ2) is 9.06. The normalized spacial score (nSPS) is 15.0. The van der Waals surface area contributed by atoms with Crippen LogP contribution in [0, 0.1) is 0 Å². The monoisotopic (exact) mass is 485 g/mol. The molecule has 0 fully saturated rings. The van der Waals surface area contributed by atoms with E-state index >= 15 is 0 Å². The molecule has 0 aromatic heterocycles. The molecule has 0 spiro atoms. The van der Waals surface area contributed by atoms with E-state index in [2.05, 4.69) is 41.7 Å². The van der Waals surface area contributed by atoms with Crippen molar-refractivity contribution in [2.45, 2.75) is 39.5 Å². The molecule has 2 aromatic rings. The number of aliphatic imine (C=N–C) groups is 1. The maximum atomic E-state index is 12.4. The van der Waals surface area contributed by atoms with Gasteiger partial charge in [-0.1, -0.05) is 39.8 Å². The van der Waals surface area contributed by atoms with Crippen LogP contribution < -0.4 is 9.47 Å². The largest absolute Gasteiger partial charge is 0.493 e. The first-order valence-corrected chi connectivity index (χ1v) is 10.6. The molecular weight excluding hydrogens is 462 g/mol. The van der Waals surface area contributed by atoms with Crippen LogP contribution in [0.2, 0.25) is 0 Å². The van der Waals surface area contributed by atoms with Gasteiger partial charge in [0.05, 0.1) is 11.6 Å². The van der Waals surface area contributed by atoms with Gasteiger partial charge in [-0.15, -0.1) is 0 Å². The molecule has 1 aliphatic heterocycles. The van der Waals surface area contributed by atoms with Crippen LogP contribution in [0.4, 0.5) is 0 Å². The van der Waals surface area contributed by atoms with Gasteiger partial charge < -0.3 is 14.2 Å². The summed E-state index contributed by atoms with van der Waals surface area (Å²) in [5.41, 5.74) is 2.74. The van der Waals surface area contributed by atoms with E-state index in [1.807, 2.05) is 24.3 Å². The number of hydrogen-bond acceptors (Lipinski definition) is 6. The summed E-state index contributed by atoms with van der Waals surface area (Å²) < 4.78 is 16.6. The highest BCUT2D eigenvalue weighted by atomic mass is 79.9. The Balaban J connectivity index is 1.91. The molecular formula is C24H24BrNO5. The molecule has 1 heterocycles. The van der Waals surface area contributed by atoms with Crippen molar-refractivity contribution in [2.24, 2.45) is 4.99 Å². The van der Waals surface area contributed by atoms with Gasteiger partial charge in [0.1, 0.15) is 0 Å². The van der Waals surface area contributed by atoms with Gasteiger partial charge in [0.2, 0.25) is 5.90 Å². The predicted molar refractivity (Wildman–Crippen MR) is 122 cm³/mol. The first kappa shape index (κ1) is 22.7. The summed E-state index contributed by atoms with van der Waals surface area (Å²) in [4.78, 5) is 28.4. The van der Waals surface area contributed by atoms with E-state index in [1.165, 1.54) is 12.7 Å². The van der Waals surface area contributed by atoms with Crippen LogP contribution in [0.5, 0.6) is 11.5 Å². The Labute approximate surface area is 190 Å². The highest BCUT2D eigenvalue weighted by Crippen LogP contribution is 2.38. The van der Waals surface area contributed by atoms with Crippen molar-refractivity contribution in [2.75, 3.05) is 7.11 Å². The molecule has 1 aliphatic rings. The van der Waals surface area contributed by atoms with Gasteiger partial charge in [-0.3, -0.25) is 4.79 Å². The zero-order chi connectivity index (χ0) is 22.8. The van der Waals surface area contributed by atoms with Gasteiger partial charge >= 0.3 is 11.9 Å². The van der Waals surface area contributed by atoms with Crippen molar-refractivity contribution < 1.29 is 23.8 Å². The summed E-state index contributed by atoms with van der Waals surface area (Å²) in [6.45, 7) is 8.12. The van der Waals surface area contributed by atoms with Crippen molar-refractivity contribution >= 4 is 39.8 Å². The first-order valence-electron chi connectivity index (χ1n) is 9.84. The lowest BCUT2D eigenvalue weighted by atomic mass is 9.87. The van der Waals surface area contributed by atoms with E-state index < -0.39 is 5.97 Å². The number of cyclic esters (lactones) is 1. The number of hydrogen-bond donors (Lipinski definition) is 0. The second-order valence-electron chi connectivity index (χ2n) is 8.03. The van der Waals surface area contributed by atoms with Gasteiger partial charge in [0, 0.05) is 12.0 Å². The highest BCUT2D eigenvalue weighted by Gasteiger charge is 2.25. The minimum absolute atomic E-state index is 0.0296. The molecule has 6 nitrogen and oxygen atoms in total. The van der Waals surface area contributed by atoms with Crippen molar-refractivity contribution in [3.05, 3.63) is 63.3 Å². The smallest absolute Gasteiger partial charge is 0.363 e. The summed E-state index contributed by atoms with van der Waals surface area (Å²) in [5, 5.41) is 0. The van der Waals surface area contributed by atoms with Crippen LogP contribution in [-0.2, 0) is 19.7 Å². The fraction of sp³-hybridized carbons (Fsp3) is 0.292. The molecule has 0 saturated carbocycles. The molecule has 0 N–H and O–H groups in total. The fourth-order valence-corrected chi connectivity index (χ4v) is 3.45. The Morgan fingerprint density at radius 2 is 1.87 bits per heavy atom. The Hall–Kier alpha value is -2.93. The Morgan fingerprint density at radius 1 is 1.19 bits per heavy atom. The third kappa shape index (κ3) is 5.22. The zero-order valence-electron chi connectivity index (χ0n) is 18.1. The lowest BCUT2D eigenvalue weighted by Crippen LogP contribution is -2.11.